The molecule has 0 saturated carbocycles. The first-order chi connectivity index (χ1) is 16.2. The average molecular weight is 490 g/mol. The Morgan fingerprint density at radius 2 is 1.71 bits per heavy atom. The zero-order valence-electron chi connectivity index (χ0n) is 17.3. The summed E-state index contributed by atoms with van der Waals surface area (Å²) in [6, 6.07) is 11.0. The molecule has 34 heavy (non-hydrogen) atoms. The number of halogens is 5. The summed E-state index contributed by atoms with van der Waals surface area (Å²) in [4.78, 5) is 11.1. The van der Waals surface area contributed by atoms with Crippen LogP contribution in [-0.4, -0.2) is 20.1 Å². The van der Waals surface area contributed by atoms with E-state index >= 15 is 8.78 Å². The van der Waals surface area contributed by atoms with Crippen molar-refractivity contribution in [2.24, 2.45) is 0 Å². The second-order valence-corrected chi connectivity index (χ2v) is 7.77. The van der Waals surface area contributed by atoms with Crippen LogP contribution in [0, 0.1) is 11.6 Å². The van der Waals surface area contributed by atoms with E-state index in [1.54, 1.807) is 24.3 Å². The minimum Gasteiger partial charge on any atom is -0.487 e. The maximum absolute atomic E-state index is 15.8. The van der Waals surface area contributed by atoms with Gasteiger partial charge in [-0.05, 0) is 42.0 Å². The van der Waals surface area contributed by atoms with Gasteiger partial charge in [0.2, 0.25) is 0 Å². The number of aliphatic hydroxyl groups is 1. The van der Waals surface area contributed by atoms with Gasteiger partial charge in [-0.2, -0.15) is 8.78 Å². The molecule has 0 bridgehead atoms. The van der Waals surface area contributed by atoms with Crippen molar-refractivity contribution in [1.82, 2.24) is 15.0 Å². The summed E-state index contributed by atoms with van der Waals surface area (Å²) in [5, 5.41) is 11.8. The minimum atomic E-state index is -4.18. The highest BCUT2D eigenvalue weighted by atomic mass is 35.5. The van der Waals surface area contributed by atoms with Crippen LogP contribution < -0.4 is 4.74 Å². The van der Waals surface area contributed by atoms with Crippen molar-refractivity contribution < 1.29 is 27.4 Å². The van der Waals surface area contributed by atoms with Crippen molar-refractivity contribution in [2.75, 3.05) is 0 Å². The van der Waals surface area contributed by atoms with Crippen LogP contribution in [0.5, 0.6) is 5.75 Å². The summed E-state index contributed by atoms with van der Waals surface area (Å²) in [6.45, 7) is 0.115. The summed E-state index contributed by atoms with van der Waals surface area (Å²) < 4.78 is 65.2. The number of rotatable bonds is 7. The predicted molar refractivity (Wildman–Crippen MR) is 115 cm³/mol. The molecule has 0 spiro atoms. The molecule has 0 saturated heterocycles. The topological polar surface area (TPSA) is 68.1 Å². The fraction of sp³-hybridized carbons (Fsp3) is 0.125. The molecule has 0 fully saturated rings. The van der Waals surface area contributed by atoms with Gasteiger partial charge >= 0.3 is 5.92 Å². The molecule has 4 aromatic rings. The Hall–Kier alpha value is -3.56. The van der Waals surface area contributed by atoms with Crippen molar-refractivity contribution in [2.45, 2.75) is 18.1 Å². The number of hydrogen-bond donors (Lipinski definition) is 1. The van der Waals surface area contributed by atoms with Gasteiger partial charge in [0.05, 0.1) is 6.20 Å². The summed E-state index contributed by atoms with van der Waals surface area (Å²) >= 11 is 5.93. The van der Waals surface area contributed by atoms with E-state index < -0.39 is 40.0 Å². The largest absolute Gasteiger partial charge is 0.487 e. The first-order valence-electron chi connectivity index (χ1n) is 9.87. The SMILES string of the molecule is OC(c1cncnc1)(c1ccc(F)cc1F)C(F)(F)c1ccc(OCc2cccc(Cl)c2)cn1. The molecule has 10 heteroatoms. The van der Waals surface area contributed by atoms with Gasteiger partial charge in [-0.3, -0.25) is 4.98 Å². The molecule has 5 nitrogen and oxygen atoms in total. The maximum atomic E-state index is 15.8. The number of benzene rings is 2. The molecular weight excluding hydrogens is 474 g/mol. The molecule has 4 rings (SSSR count). The summed E-state index contributed by atoms with van der Waals surface area (Å²) in [5.41, 5.74) is -4.78. The van der Waals surface area contributed by atoms with Gasteiger partial charge in [-0.15, -0.1) is 0 Å². The Labute approximate surface area is 196 Å². The van der Waals surface area contributed by atoms with Crippen LogP contribution in [-0.2, 0) is 18.1 Å². The Kier molecular flexibility index (Phi) is 6.49. The lowest BCUT2D eigenvalue weighted by atomic mass is 9.80. The van der Waals surface area contributed by atoms with Crippen molar-refractivity contribution in [1.29, 1.82) is 0 Å². The van der Waals surface area contributed by atoms with E-state index in [-0.39, 0.29) is 12.4 Å². The van der Waals surface area contributed by atoms with Gasteiger partial charge < -0.3 is 9.84 Å². The van der Waals surface area contributed by atoms with E-state index in [4.69, 9.17) is 16.3 Å². The smallest absolute Gasteiger partial charge is 0.326 e. The van der Waals surface area contributed by atoms with Crippen molar-refractivity contribution in [3.05, 3.63) is 119 Å². The third-order valence-corrected chi connectivity index (χ3v) is 5.34. The van der Waals surface area contributed by atoms with E-state index in [0.29, 0.717) is 11.1 Å². The highest BCUT2D eigenvalue weighted by Crippen LogP contribution is 2.49. The molecule has 0 aliphatic carbocycles. The standard InChI is InChI=1S/C24H16ClF4N3O2/c25-17-3-1-2-15(8-17)13-34-19-5-7-22(32-12-19)24(28,29)23(33,16-10-30-14-31-11-16)20-6-4-18(26)9-21(20)27/h1-12,14,33H,13H2. The lowest BCUT2D eigenvalue weighted by molar-refractivity contribution is -0.175. The molecule has 174 valence electrons. The zero-order chi connectivity index (χ0) is 24.3. The van der Waals surface area contributed by atoms with Crippen LogP contribution in [0.3, 0.4) is 0 Å². The van der Waals surface area contributed by atoms with E-state index in [1.165, 1.54) is 6.07 Å². The maximum Gasteiger partial charge on any atom is 0.326 e. The average Bonchev–Trinajstić information content (AvgIpc) is 2.83. The number of nitrogens with zero attached hydrogens (tertiary/aromatic N) is 3. The van der Waals surface area contributed by atoms with E-state index in [2.05, 4.69) is 15.0 Å². The fourth-order valence-corrected chi connectivity index (χ4v) is 3.62. The van der Waals surface area contributed by atoms with Crippen molar-refractivity contribution >= 4 is 11.6 Å². The highest BCUT2D eigenvalue weighted by Gasteiger charge is 2.58. The van der Waals surface area contributed by atoms with Gasteiger partial charge in [0, 0.05) is 34.6 Å². The summed E-state index contributed by atoms with van der Waals surface area (Å²) in [7, 11) is 0. The second-order valence-electron chi connectivity index (χ2n) is 7.33. The van der Waals surface area contributed by atoms with E-state index in [0.717, 1.165) is 48.7 Å². The highest BCUT2D eigenvalue weighted by molar-refractivity contribution is 6.30. The lowest BCUT2D eigenvalue weighted by Crippen LogP contribution is -2.45. The van der Waals surface area contributed by atoms with Crippen LogP contribution >= 0.6 is 11.6 Å². The molecule has 2 aromatic heterocycles. The molecule has 0 aliphatic heterocycles. The van der Waals surface area contributed by atoms with Gasteiger partial charge in [-0.25, -0.2) is 18.7 Å². The van der Waals surface area contributed by atoms with Crippen molar-refractivity contribution in [3.63, 3.8) is 0 Å². The molecule has 2 aromatic carbocycles. The zero-order valence-corrected chi connectivity index (χ0v) is 18.1. The number of aromatic nitrogens is 3. The van der Waals surface area contributed by atoms with Crippen molar-refractivity contribution in [3.8, 4) is 5.75 Å². The number of alkyl halides is 2. The van der Waals surface area contributed by atoms with Gasteiger partial charge in [0.25, 0.3) is 0 Å². The first kappa shape index (κ1) is 23.6. The van der Waals surface area contributed by atoms with Crippen LogP contribution in [0.1, 0.15) is 22.4 Å². The Balaban J connectivity index is 1.69. The third-order valence-electron chi connectivity index (χ3n) is 5.11. The number of ether oxygens (including phenoxy) is 1. The van der Waals surface area contributed by atoms with Gasteiger partial charge in [0.1, 0.15) is 36.0 Å². The Bertz CT molecular complexity index is 1290. The van der Waals surface area contributed by atoms with Crippen LogP contribution in [0.2, 0.25) is 5.02 Å². The molecule has 1 atom stereocenters. The Morgan fingerprint density at radius 1 is 0.941 bits per heavy atom. The van der Waals surface area contributed by atoms with Crippen LogP contribution in [0.4, 0.5) is 17.6 Å². The first-order valence-corrected chi connectivity index (χ1v) is 10.2. The molecule has 2 heterocycles. The molecule has 1 N–H and O–H groups in total. The molecular formula is C24H16ClF4N3O2. The normalized spacial score (nSPS) is 13.4. The fourth-order valence-electron chi connectivity index (χ4n) is 3.40. The number of pyridine rings is 1. The second kappa shape index (κ2) is 9.36. The van der Waals surface area contributed by atoms with E-state index in [9.17, 15) is 13.9 Å². The van der Waals surface area contributed by atoms with Crippen LogP contribution in [0.25, 0.3) is 0 Å². The molecule has 0 aliphatic rings. The number of hydrogen-bond acceptors (Lipinski definition) is 5. The minimum absolute atomic E-state index is 0.115. The monoisotopic (exact) mass is 489 g/mol. The molecule has 0 radical (unpaired) electrons. The van der Waals surface area contributed by atoms with E-state index in [1.807, 2.05) is 0 Å². The predicted octanol–water partition coefficient (Wildman–Crippen LogP) is 5.41. The lowest BCUT2D eigenvalue weighted by Gasteiger charge is -2.36. The summed E-state index contributed by atoms with van der Waals surface area (Å²) in [5.74, 6) is -6.36. The third kappa shape index (κ3) is 4.44. The molecule has 1 unspecified atom stereocenters. The Morgan fingerprint density at radius 3 is 2.35 bits per heavy atom. The summed E-state index contributed by atoms with van der Waals surface area (Å²) in [6.07, 6.45) is 3.96. The molecule has 0 amide bonds. The van der Waals surface area contributed by atoms with Gasteiger partial charge in [-0.1, -0.05) is 23.7 Å². The van der Waals surface area contributed by atoms with Gasteiger partial charge in [0.15, 0.2) is 5.60 Å². The quantitative estimate of drug-likeness (QED) is 0.352. The van der Waals surface area contributed by atoms with Crippen LogP contribution in [0.15, 0.2) is 79.5 Å².